The Morgan fingerprint density at radius 1 is 1.24 bits per heavy atom. The predicted octanol–water partition coefficient (Wildman–Crippen LogP) is 3.19. The van der Waals surface area contributed by atoms with Gasteiger partial charge in [0, 0.05) is 6.42 Å². The summed E-state index contributed by atoms with van der Waals surface area (Å²) in [6.07, 6.45) is 3.38. The molecule has 0 unspecified atom stereocenters. The Hall–Kier alpha value is -1.68. The number of nitrogens with zero attached hydrogens (tertiary/aromatic N) is 3. The Morgan fingerprint density at radius 2 is 1.95 bits per heavy atom. The van der Waals surface area contributed by atoms with Crippen molar-refractivity contribution < 1.29 is 0 Å². The first-order chi connectivity index (χ1) is 10.2. The number of H-pyrrole nitrogens is 1. The summed E-state index contributed by atoms with van der Waals surface area (Å²) >= 11 is 0. The predicted molar refractivity (Wildman–Crippen MR) is 84.0 cm³/mol. The fraction of sp³-hybridized carbons (Fsp3) is 0.529. The Balaban J connectivity index is 1.64. The van der Waals surface area contributed by atoms with Crippen LogP contribution in [0.15, 0.2) is 30.3 Å². The highest BCUT2D eigenvalue weighted by Crippen LogP contribution is 2.24. The van der Waals surface area contributed by atoms with Crippen molar-refractivity contribution in [1.29, 1.82) is 0 Å². The molecule has 3 rings (SSSR count). The Labute approximate surface area is 126 Å². The molecule has 1 fully saturated rings. The van der Waals surface area contributed by atoms with E-state index in [0.717, 1.165) is 37.1 Å². The van der Waals surface area contributed by atoms with Crippen LogP contribution in [0.3, 0.4) is 0 Å². The lowest BCUT2D eigenvalue weighted by Gasteiger charge is -2.33. The van der Waals surface area contributed by atoms with Gasteiger partial charge in [0.2, 0.25) is 0 Å². The second kappa shape index (κ2) is 6.39. The van der Waals surface area contributed by atoms with Crippen LogP contribution in [0.2, 0.25) is 0 Å². The van der Waals surface area contributed by atoms with Crippen molar-refractivity contribution in [2.75, 3.05) is 13.1 Å². The number of hydrogen-bond acceptors (Lipinski definition) is 3. The van der Waals surface area contributed by atoms with E-state index in [9.17, 15) is 0 Å². The number of nitrogens with one attached hydrogen (secondary N) is 1. The van der Waals surface area contributed by atoms with Crippen molar-refractivity contribution in [2.24, 2.45) is 5.92 Å². The molecule has 2 heterocycles. The highest BCUT2D eigenvalue weighted by Gasteiger charge is 2.23. The first kappa shape index (κ1) is 14.3. The van der Waals surface area contributed by atoms with Gasteiger partial charge in [-0.25, -0.2) is 4.98 Å². The van der Waals surface area contributed by atoms with Crippen LogP contribution in [-0.2, 0) is 6.42 Å². The van der Waals surface area contributed by atoms with E-state index in [1.165, 1.54) is 18.4 Å². The summed E-state index contributed by atoms with van der Waals surface area (Å²) in [4.78, 5) is 7.19. The van der Waals surface area contributed by atoms with E-state index in [2.05, 4.69) is 53.2 Å². The summed E-state index contributed by atoms with van der Waals surface area (Å²) in [6, 6.07) is 10.7. The normalized spacial score (nSPS) is 18.8. The van der Waals surface area contributed by atoms with E-state index in [-0.39, 0.29) is 0 Å². The lowest BCUT2D eigenvalue weighted by atomic mass is 9.98. The summed E-state index contributed by atoms with van der Waals surface area (Å²) in [5.74, 6) is 2.73. The second-order valence-corrected chi connectivity index (χ2v) is 6.20. The molecule has 0 amide bonds. The van der Waals surface area contributed by atoms with Crippen LogP contribution < -0.4 is 0 Å². The van der Waals surface area contributed by atoms with Crippen LogP contribution in [0.5, 0.6) is 0 Å². The van der Waals surface area contributed by atoms with Crippen molar-refractivity contribution in [3.05, 3.63) is 47.5 Å². The minimum atomic E-state index is 0.304. The largest absolute Gasteiger partial charge is 0.294 e. The molecule has 1 aliphatic heterocycles. The van der Waals surface area contributed by atoms with Gasteiger partial charge in [0.1, 0.15) is 5.82 Å². The first-order valence-electron chi connectivity index (χ1n) is 7.91. The third-order valence-corrected chi connectivity index (χ3v) is 4.50. The summed E-state index contributed by atoms with van der Waals surface area (Å²) in [5.41, 5.74) is 1.26. The van der Waals surface area contributed by atoms with Gasteiger partial charge in [-0.15, -0.1) is 0 Å². The zero-order valence-electron chi connectivity index (χ0n) is 12.9. The standard InChI is InChI=1S/C17H24N4/c1-13-8-10-21(11-9-13)14(2)17-18-16(19-20-17)12-15-6-4-3-5-7-15/h3-7,13-14H,8-12H2,1-2H3,(H,18,19,20)/t14-/m0/s1. The van der Waals surface area contributed by atoms with Crippen LogP contribution >= 0.6 is 0 Å². The molecule has 21 heavy (non-hydrogen) atoms. The van der Waals surface area contributed by atoms with E-state index < -0.39 is 0 Å². The van der Waals surface area contributed by atoms with Gasteiger partial charge in [-0.3, -0.25) is 10.00 Å². The van der Waals surface area contributed by atoms with Gasteiger partial charge in [-0.1, -0.05) is 37.3 Å². The SMILES string of the molecule is CC1CCN([C@@H](C)c2n[nH]c(Cc3ccccc3)n2)CC1. The first-order valence-corrected chi connectivity index (χ1v) is 7.91. The molecular formula is C17H24N4. The highest BCUT2D eigenvalue weighted by atomic mass is 15.3. The molecule has 1 aromatic carbocycles. The monoisotopic (exact) mass is 284 g/mol. The quantitative estimate of drug-likeness (QED) is 0.938. The lowest BCUT2D eigenvalue weighted by molar-refractivity contribution is 0.142. The van der Waals surface area contributed by atoms with Gasteiger partial charge >= 0.3 is 0 Å². The van der Waals surface area contributed by atoms with Gasteiger partial charge in [-0.2, -0.15) is 5.10 Å². The number of rotatable bonds is 4. The van der Waals surface area contributed by atoms with Crippen molar-refractivity contribution >= 4 is 0 Å². The molecule has 0 bridgehead atoms. The third-order valence-electron chi connectivity index (χ3n) is 4.50. The molecule has 0 saturated carbocycles. The zero-order chi connectivity index (χ0) is 14.7. The summed E-state index contributed by atoms with van der Waals surface area (Å²) in [7, 11) is 0. The number of likely N-dealkylation sites (tertiary alicyclic amines) is 1. The fourth-order valence-electron chi connectivity index (χ4n) is 2.94. The molecule has 4 heteroatoms. The second-order valence-electron chi connectivity index (χ2n) is 6.20. The maximum Gasteiger partial charge on any atom is 0.167 e. The zero-order valence-corrected chi connectivity index (χ0v) is 12.9. The maximum atomic E-state index is 4.69. The minimum Gasteiger partial charge on any atom is -0.294 e. The van der Waals surface area contributed by atoms with Crippen molar-refractivity contribution in [3.63, 3.8) is 0 Å². The van der Waals surface area contributed by atoms with E-state index in [1.807, 2.05) is 6.07 Å². The van der Waals surface area contributed by atoms with Crippen LogP contribution in [-0.4, -0.2) is 33.2 Å². The molecule has 0 spiro atoms. The van der Waals surface area contributed by atoms with Crippen LogP contribution in [0.1, 0.15) is 49.9 Å². The Morgan fingerprint density at radius 3 is 2.67 bits per heavy atom. The van der Waals surface area contributed by atoms with E-state index >= 15 is 0 Å². The van der Waals surface area contributed by atoms with E-state index in [0.29, 0.717) is 6.04 Å². The topological polar surface area (TPSA) is 44.8 Å². The number of hydrogen-bond donors (Lipinski definition) is 1. The van der Waals surface area contributed by atoms with Gasteiger partial charge in [0.15, 0.2) is 5.82 Å². The number of benzene rings is 1. The molecule has 1 N–H and O–H groups in total. The molecule has 4 nitrogen and oxygen atoms in total. The van der Waals surface area contributed by atoms with E-state index in [1.54, 1.807) is 0 Å². The molecule has 0 aliphatic carbocycles. The average Bonchev–Trinajstić information content (AvgIpc) is 2.97. The molecular weight excluding hydrogens is 260 g/mol. The summed E-state index contributed by atoms with van der Waals surface area (Å²) in [5, 5.41) is 7.52. The van der Waals surface area contributed by atoms with Gasteiger partial charge in [0.05, 0.1) is 6.04 Å². The Bertz CT molecular complexity index is 555. The molecule has 112 valence electrons. The molecule has 2 aromatic rings. The molecule has 1 aromatic heterocycles. The highest BCUT2D eigenvalue weighted by molar-refractivity contribution is 5.18. The van der Waals surface area contributed by atoms with Crippen molar-refractivity contribution in [3.8, 4) is 0 Å². The molecule has 1 aliphatic rings. The van der Waals surface area contributed by atoms with E-state index in [4.69, 9.17) is 4.98 Å². The lowest BCUT2D eigenvalue weighted by Crippen LogP contribution is -2.35. The van der Waals surface area contributed by atoms with Crippen molar-refractivity contribution in [1.82, 2.24) is 20.1 Å². The molecule has 1 saturated heterocycles. The smallest absolute Gasteiger partial charge is 0.167 e. The molecule has 1 atom stereocenters. The van der Waals surface area contributed by atoms with Gasteiger partial charge in [-0.05, 0) is 44.3 Å². The van der Waals surface area contributed by atoms with Gasteiger partial charge in [0.25, 0.3) is 0 Å². The van der Waals surface area contributed by atoms with Crippen LogP contribution in [0.25, 0.3) is 0 Å². The number of aromatic amines is 1. The third kappa shape index (κ3) is 3.50. The van der Waals surface area contributed by atoms with Gasteiger partial charge < -0.3 is 0 Å². The maximum absolute atomic E-state index is 4.69. The average molecular weight is 284 g/mol. The van der Waals surface area contributed by atoms with Crippen molar-refractivity contribution in [2.45, 2.75) is 39.2 Å². The summed E-state index contributed by atoms with van der Waals surface area (Å²) in [6.45, 7) is 6.87. The minimum absolute atomic E-state index is 0.304. The number of aromatic nitrogens is 3. The molecule has 0 radical (unpaired) electrons. The van der Waals surface area contributed by atoms with Crippen LogP contribution in [0.4, 0.5) is 0 Å². The van der Waals surface area contributed by atoms with Crippen LogP contribution in [0, 0.1) is 5.92 Å². The summed E-state index contributed by atoms with van der Waals surface area (Å²) < 4.78 is 0. The Kier molecular flexibility index (Phi) is 4.34. The number of piperidine rings is 1. The fourth-order valence-corrected chi connectivity index (χ4v) is 2.94.